The Morgan fingerprint density at radius 2 is 1.43 bits per heavy atom. The average Bonchev–Trinajstić information content (AvgIpc) is 2.63. The highest BCUT2D eigenvalue weighted by Crippen LogP contribution is 2.12. The summed E-state index contributed by atoms with van der Waals surface area (Å²) in [5.41, 5.74) is 1.31. The van der Waals surface area contributed by atoms with Crippen molar-refractivity contribution in [3.05, 3.63) is 70.5 Å². The molecule has 0 aliphatic rings. The third-order valence-corrected chi connectivity index (χ3v) is 4.27. The van der Waals surface area contributed by atoms with Gasteiger partial charge in [0.1, 0.15) is 17.9 Å². The lowest BCUT2D eigenvalue weighted by molar-refractivity contribution is -0.142. The molecule has 2 rings (SSSR count). The van der Waals surface area contributed by atoms with Gasteiger partial charge < -0.3 is 15.7 Å². The molecule has 6 nitrogen and oxygen atoms in total. The molecule has 0 aliphatic heterocycles. The topological polar surface area (TPSA) is 95.5 Å². The van der Waals surface area contributed by atoms with Gasteiger partial charge in [-0.15, -0.1) is 0 Å². The Bertz CT molecular complexity index is 840. The molecule has 2 atom stereocenters. The highest BCUT2D eigenvalue weighted by Gasteiger charge is 2.26. The van der Waals surface area contributed by atoms with Crippen molar-refractivity contribution in [3.63, 3.8) is 0 Å². The van der Waals surface area contributed by atoms with Gasteiger partial charge in [0.2, 0.25) is 11.8 Å². The van der Waals surface area contributed by atoms with Crippen LogP contribution in [-0.2, 0) is 27.2 Å². The van der Waals surface area contributed by atoms with Gasteiger partial charge in [-0.3, -0.25) is 9.59 Å². The molecule has 2 aromatic carbocycles. The molecule has 0 saturated carbocycles. The number of carboxylic acid groups (broad SMARTS) is 1. The van der Waals surface area contributed by atoms with Crippen molar-refractivity contribution < 1.29 is 23.9 Å². The SMILES string of the molecule is CC(=O)N[C@@H](Cc1ccc(F)cc1)C(=O)N[C@H](Cc1ccc(Cl)cc1)C(=O)O. The molecule has 3 N–H and O–H groups in total. The Morgan fingerprint density at radius 1 is 0.929 bits per heavy atom. The Balaban J connectivity index is 2.11. The van der Waals surface area contributed by atoms with E-state index in [-0.39, 0.29) is 12.8 Å². The zero-order valence-electron chi connectivity index (χ0n) is 15.1. The fraction of sp³-hybridized carbons (Fsp3) is 0.250. The van der Waals surface area contributed by atoms with Crippen LogP contribution in [0, 0.1) is 5.82 Å². The monoisotopic (exact) mass is 406 g/mol. The molecule has 0 aliphatic carbocycles. The first kappa shape index (κ1) is 21.4. The number of amides is 2. The largest absolute Gasteiger partial charge is 0.480 e. The number of nitrogens with one attached hydrogen (secondary N) is 2. The van der Waals surface area contributed by atoms with Gasteiger partial charge in [-0.05, 0) is 35.4 Å². The minimum Gasteiger partial charge on any atom is -0.480 e. The normalized spacial score (nSPS) is 12.7. The lowest BCUT2D eigenvalue weighted by Gasteiger charge is -2.21. The van der Waals surface area contributed by atoms with Crippen LogP contribution in [0.4, 0.5) is 4.39 Å². The second kappa shape index (κ2) is 9.85. The summed E-state index contributed by atoms with van der Waals surface area (Å²) in [7, 11) is 0. The molecule has 0 aromatic heterocycles. The van der Waals surface area contributed by atoms with Crippen LogP contribution < -0.4 is 10.6 Å². The third-order valence-electron chi connectivity index (χ3n) is 4.01. The van der Waals surface area contributed by atoms with Gasteiger partial charge in [0, 0.05) is 24.8 Å². The maximum absolute atomic E-state index is 13.1. The van der Waals surface area contributed by atoms with Gasteiger partial charge in [0.15, 0.2) is 0 Å². The van der Waals surface area contributed by atoms with Crippen molar-refractivity contribution >= 4 is 29.4 Å². The number of carboxylic acids is 1. The number of aliphatic carboxylic acids is 1. The number of carbonyl (C=O) groups excluding carboxylic acids is 2. The summed E-state index contributed by atoms with van der Waals surface area (Å²) >= 11 is 5.82. The van der Waals surface area contributed by atoms with Gasteiger partial charge in [-0.1, -0.05) is 35.9 Å². The van der Waals surface area contributed by atoms with E-state index in [9.17, 15) is 23.9 Å². The van der Waals surface area contributed by atoms with Crippen LogP contribution in [0.5, 0.6) is 0 Å². The number of hydrogen-bond donors (Lipinski definition) is 3. The van der Waals surface area contributed by atoms with Crippen molar-refractivity contribution in [2.45, 2.75) is 31.8 Å². The lowest BCUT2D eigenvalue weighted by Crippen LogP contribution is -2.52. The fourth-order valence-corrected chi connectivity index (χ4v) is 2.77. The summed E-state index contributed by atoms with van der Waals surface area (Å²) < 4.78 is 13.1. The van der Waals surface area contributed by atoms with E-state index in [2.05, 4.69) is 10.6 Å². The Labute approximate surface area is 166 Å². The first-order valence-electron chi connectivity index (χ1n) is 8.53. The van der Waals surface area contributed by atoms with Crippen LogP contribution in [0.2, 0.25) is 5.02 Å². The van der Waals surface area contributed by atoms with E-state index in [1.54, 1.807) is 24.3 Å². The van der Waals surface area contributed by atoms with Crippen molar-refractivity contribution in [2.24, 2.45) is 0 Å². The van der Waals surface area contributed by atoms with E-state index in [4.69, 9.17) is 11.6 Å². The van der Waals surface area contributed by atoms with Crippen LogP contribution in [0.1, 0.15) is 18.1 Å². The molecular formula is C20H20ClFN2O4. The van der Waals surface area contributed by atoms with Crippen LogP contribution >= 0.6 is 11.6 Å². The van der Waals surface area contributed by atoms with E-state index >= 15 is 0 Å². The van der Waals surface area contributed by atoms with Crippen molar-refractivity contribution in [3.8, 4) is 0 Å². The second-order valence-electron chi connectivity index (χ2n) is 6.31. The average molecular weight is 407 g/mol. The van der Waals surface area contributed by atoms with E-state index in [1.165, 1.54) is 31.2 Å². The van der Waals surface area contributed by atoms with Crippen LogP contribution in [0.25, 0.3) is 0 Å². The molecule has 2 aromatic rings. The van der Waals surface area contributed by atoms with E-state index in [0.29, 0.717) is 16.1 Å². The molecule has 0 radical (unpaired) electrons. The molecular weight excluding hydrogens is 387 g/mol. The quantitative estimate of drug-likeness (QED) is 0.627. The highest BCUT2D eigenvalue weighted by atomic mass is 35.5. The zero-order chi connectivity index (χ0) is 20.7. The van der Waals surface area contributed by atoms with Crippen LogP contribution in [0.15, 0.2) is 48.5 Å². The number of rotatable bonds is 8. The number of carbonyl (C=O) groups is 3. The predicted molar refractivity (Wildman–Crippen MR) is 102 cm³/mol. The smallest absolute Gasteiger partial charge is 0.326 e. The first-order chi connectivity index (χ1) is 13.2. The van der Waals surface area contributed by atoms with Crippen molar-refractivity contribution in [1.82, 2.24) is 10.6 Å². The summed E-state index contributed by atoms with van der Waals surface area (Å²) in [6.07, 6.45) is 0.153. The van der Waals surface area contributed by atoms with Gasteiger partial charge in [-0.25, -0.2) is 9.18 Å². The van der Waals surface area contributed by atoms with Gasteiger partial charge in [-0.2, -0.15) is 0 Å². The van der Waals surface area contributed by atoms with Gasteiger partial charge in [0.05, 0.1) is 0 Å². The molecule has 0 bridgehead atoms. The maximum Gasteiger partial charge on any atom is 0.326 e. The summed E-state index contributed by atoms with van der Waals surface area (Å²) in [6.45, 7) is 1.26. The maximum atomic E-state index is 13.1. The molecule has 0 unspecified atom stereocenters. The van der Waals surface area contributed by atoms with E-state index in [1.807, 2.05) is 0 Å². The van der Waals surface area contributed by atoms with Crippen LogP contribution in [-0.4, -0.2) is 35.0 Å². The summed E-state index contributed by atoms with van der Waals surface area (Å²) in [4.78, 5) is 35.7. The molecule has 8 heteroatoms. The fourth-order valence-electron chi connectivity index (χ4n) is 2.64. The molecule has 0 saturated heterocycles. The Hall–Kier alpha value is -2.93. The lowest BCUT2D eigenvalue weighted by atomic mass is 10.0. The number of benzene rings is 2. The molecule has 148 valence electrons. The number of hydrogen-bond acceptors (Lipinski definition) is 3. The second-order valence-corrected chi connectivity index (χ2v) is 6.75. The number of halogens is 2. The van der Waals surface area contributed by atoms with Gasteiger partial charge >= 0.3 is 5.97 Å². The molecule has 0 heterocycles. The van der Waals surface area contributed by atoms with E-state index < -0.39 is 35.7 Å². The molecule has 0 spiro atoms. The summed E-state index contributed by atoms with van der Waals surface area (Å²) in [5.74, 6) is -2.70. The van der Waals surface area contributed by atoms with Gasteiger partial charge in [0.25, 0.3) is 0 Å². The predicted octanol–water partition coefficient (Wildman–Crippen LogP) is 2.34. The molecule has 28 heavy (non-hydrogen) atoms. The minimum atomic E-state index is -1.20. The zero-order valence-corrected chi connectivity index (χ0v) is 15.9. The Kier molecular flexibility index (Phi) is 7.52. The van der Waals surface area contributed by atoms with Crippen molar-refractivity contribution in [1.29, 1.82) is 0 Å². The first-order valence-corrected chi connectivity index (χ1v) is 8.91. The standard InChI is InChI=1S/C20H20ClFN2O4/c1-12(25)23-17(10-14-4-8-16(22)9-5-14)19(26)24-18(20(27)28)11-13-2-6-15(21)7-3-13/h2-9,17-18H,10-11H2,1H3,(H,23,25)(H,24,26)(H,27,28)/t17-,18+/m0/s1. The summed E-state index contributed by atoms with van der Waals surface area (Å²) in [6, 6.07) is 9.94. The Morgan fingerprint density at radius 3 is 1.93 bits per heavy atom. The van der Waals surface area contributed by atoms with Crippen LogP contribution in [0.3, 0.4) is 0 Å². The highest BCUT2D eigenvalue weighted by molar-refractivity contribution is 6.30. The summed E-state index contributed by atoms with van der Waals surface area (Å²) in [5, 5.41) is 14.9. The third kappa shape index (κ3) is 6.66. The van der Waals surface area contributed by atoms with Crippen molar-refractivity contribution in [2.75, 3.05) is 0 Å². The van der Waals surface area contributed by atoms with E-state index in [0.717, 1.165) is 0 Å². The minimum absolute atomic E-state index is 0.0571. The molecule has 2 amide bonds. The molecule has 0 fully saturated rings.